The zero-order valence-corrected chi connectivity index (χ0v) is 13.3. The number of ether oxygens (including phenoxy) is 1. The van der Waals surface area contributed by atoms with Crippen LogP contribution in [-0.2, 0) is 0 Å². The first-order valence-electron chi connectivity index (χ1n) is 7.74. The van der Waals surface area contributed by atoms with Crippen molar-refractivity contribution in [1.82, 2.24) is 5.32 Å². The summed E-state index contributed by atoms with van der Waals surface area (Å²) in [6, 6.07) is 6.00. The number of hydrogen-bond donors (Lipinski definition) is 2. The van der Waals surface area contributed by atoms with E-state index in [9.17, 15) is 5.11 Å². The summed E-state index contributed by atoms with van der Waals surface area (Å²) in [5.41, 5.74) is 2.02. The van der Waals surface area contributed by atoms with Crippen molar-refractivity contribution < 1.29 is 9.84 Å². The Morgan fingerprint density at radius 3 is 2.65 bits per heavy atom. The summed E-state index contributed by atoms with van der Waals surface area (Å²) in [5.74, 6) is 0.785. The van der Waals surface area contributed by atoms with Gasteiger partial charge in [0.1, 0.15) is 5.75 Å². The van der Waals surface area contributed by atoms with Gasteiger partial charge in [-0.3, -0.25) is 0 Å². The zero-order chi connectivity index (χ0) is 15.0. The summed E-state index contributed by atoms with van der Waals surface area (Å²) in [4.78, 5) is 0. The van der Waals surface area contributed by atoms with E-state index in [-0.39, 0.29) is 6.04 Å². The molecule has 2 atom stereocenters. The van der Waals surface area contributed by atoms with Gasteiger partial charge in [0.05, 0.1) is 12.7 Å². The fourth-order valence-electron chi connectivity index (χ4n) is 2.27. The van der Waals surface area contributed by atoms with Crippen LogP contribution in [-0.4, -0.2) is 24.3 Å². The van der Waals surface area contributed by atoms with E-state index >= 15 is 0 Å². The molecule has 0 saturated heterocycles. The molecule has 1 rings (SSSR count). The molecular formula is C17H29NO2. The summed E-state index contributed by atoms with van der Waals surface area (Å²) in [6.07, 6.45) is 3.05. The number of rotatable bonds is 9. The van der Waals surface area contributed by atoms with Crippen molar-refractivity contribution in [2.75, 3.05) is 13.2 Å². The minimum Gasteiger partial charge on any atom is -0.493 e. The van der Waals surface area contributed by atoms with Gasteiger partial charge in [-0.1, -0.05) is 31.4 Å². The zero-order valence-electron chi connectivity index (χ0n) is 13.3. The minimum absolute atomic E-state index is 0.0212. The molecule has 0 amide bonds. The van der Waals surface area contributed by atoms with Crippen molar-refractivity contribution in [1.29, 1.82) is 0 Å². The molecule has 0 radical (unpaired) electrons. The number of nitrogens with one attached hydrogen (secondary N) is 1. The van der Waals surface area contributed by atoms with Crippen molar-refractivity contribution >= 4 is 0 Å². The molecule has 3 nitrogen and oxygen atoms in total. The maximum atomic E-state index is 10.5. The summed E-state index contributed by atoms with van der Waals surface area (Å²) in [6.45, 7) is 9.77. The lowest BCUT2D eigenvalue weighted by Crippen LogP contribution is -2.33. The minimum atomic E-state index is -0.543. The highest BCUT2D eigenvalue weighted by Crippen LogP contribution is 2.28. The Balaban J connectivity index is 2.69. The van der Waals surface area contributed by atoms with Crippen molar-refractivity contribution in [2.24, 2.45) is 0 Å². The molecule has 0 bridgehead atoms. The normalized spacial score (nSPS) is 14.1. The molecule has 2 unspecified atom stereocenters. The van der Waals surface area contributed by atoms with Gasteiger partial charge >= 0.3 is 0 Å². The van der Waals surface area contributed by atoms with Gasteiger partial charge in [0.15, 0.2) is 0 Å². The maximum absolute atomic E-state index is 10.5. The van der Waals surface area contributed by atoms with Crippen LogP contribution in [0.4, 0.5) is 0 Å². The summed E-state index contributed by atoms with van der Waals surface area (Å²) < 4.78 is 5.62. The molecule has 2 N–H and O–H groups in total. The third-order valence-corrected chi connectivity index (χ3v) is 3.50. The standard InChI is InChI=1S/C17H29NO2/c1-5-7-8-11-18-14(4)17(19)15-12-13(3)9-10-16(15)20-6-2/h9-10,12,14,17-19H,5-8,11H2,1-4H3. The van der Waals surface area contributed by atoms with E-state index in [4.69, 9.17) is 4.74 Å². The van der Waals surface area contributed by atoms with Gasteiger partial charge in [0, 0.05) is 11.6 Å². The first-order chi connectivity index (χ1) is 9.60. The molecule has 20 heavy (non-hydrogen) atoms. The first kappa shape index (κ1) is 17.0. The van der Waals surface area contributed by atoms with Crippen LogP contribution in [0.25, 0.3) is 0 Å². The average molecular weight is 279 g/mol. The molecule has 0 aromatic heterocycles. The third kappa shape index (κ3) is 5.14. The molecular weight excluding hydrogens is 250 g/mol. The molecule has 0 saturated carbocycles. The van der Waals surface area contributed by atoms with Gasteiger partial charge in [-0.05, 0) is 45.9 Å². The average Bonchev–Trinajstić information content (AvgIpc) is 2.44. The quantitative estimate of drug-likeness (QED) is 0.679. The highest BCUT2D eigenvalue weighted by molar-refractivity contribution is 5.39. The highest BCUT2D eigenvalue weighted by atomic mass is 16.5. The van der Waals surface area contributed by atoms with Crippen LogP contribution in [0.3, 0.4) is 0 Å². The van der Waals surface area contributed by atoms with Crippen molar-refractivity contribution in [3.63, 3.8) is 0 Å². The monoisotopic (exact) mass is 279 g/mol. The predicted octanol–water partition coefficient (Wildman–Crippen LogP) is 3.60. The second kappa shape index (κ2) is 8.98. The number of aliphatic hydroxyl groups is 1. The van der Waals surface area contributed by atoms with Crippen LogP contribution in [0.2, 0.25) is 0 Å². The van der Waals surface area contributed by atoms with E-state index < -0.39 is 6.10 Å². The molecule has 1 aromatic carbocycles. The number of hydrogen-bond acceptors (Lipinski definition) is 3. The third-order valence-electron chi connectivity index (χ3n) is 3.50. The van der Waals surface area contributed by atoms with E-state index in [1.165, 1.54) is 12.8 Å². The number of aliphatic hydroxyl groups excluding tert-OH is 1. The van der Waals surface area contributed by atoms with Crippen LogP contribution < -0.4 is 10.1 Å². The van der Waals surface area contributed by atoms with Crippen LogP contribution in [0.5, 0.6) is 5.75 Å². The van der Waals surface area contributed by atoms with Gasteiger partial charge in [0.25, 0.3) is 0 Å². The van der Waals surface area contributed by atoms with E-state index in [2.05, 4.69) is 12.2 Å². The van der Waals surface area contributed by atoms with Gasteiger partial charge in [-0.2, -0.15) is 0 Å². The molecule has 0 aliphatic rings. The molecule has 3 heteroatoms. The Bertz CT molecular complexity index is 393. The Labute approximate surface area is 123 Å². The van der Waals surface area contributed by atoms with E-state index in [1.807, 2.05) is 39.0 Å². The first-order valence-corrected chi connectivity index (χ1v) is 7.74. The molecule has 0 fully saturated rings. The fourth-order valence-corrected chi connectivity index (χ4v) is 2.27. The molecule has 1 aromatic rings. The van der Waals surface area contributed by atoms with Crippen LogP contribution >= 0.6 is 0 Å². The van der Waals surface area contributed by atoms with Crippen molar-refractivity contribution in [3.8, 4) is 5.75 Å². The Kier molecular flexibility index (Phi) is 7.63. The highest BCUT2D eigenvalue weighted by Gasteiger charge is 2.19. The predicted molar refractivity (Wildman–Crippen MR) is 84.3 cm³/mol. The topological polar surface area (TPSA) is 41.5 Å². The molecule has 114 valence electrons. The van der Waals surface area contributed by atoms with Gasteiger partial charge in [-0.15, -0.1) is 0 Å². The van der Waals surface area contributed by atoms with Gasteiger partial charge < -0.3 is 15.2 Å². The van der Waals surface area contributed by atoms with Crippen LogP contribution in [0, 0.1) is 6.92 Å². The Morgan fingerprint density at radius 1 is 1.25 bits per heavy atom. The number of aryl methyl sites for hydroxylation is 1. The van der Waals surface area contributed by atoms with Gasteiger partial charge in [0.2, 0.25) is 0 Å². The lowest BCUT2D eigenvalue weighted by Gasteiger charge is -2.23. The molecule has 0 aliphatic heterocycles. The van der Waals surface area contributed by atoms with Gasteiger partial charge in [-0.25, -0.2) is 0 Å². The van der Waals surface area contributed by atoms with Crippen molar-refractivity contribution in [2.45, 2.75) is 59.1 Å². The second-order valence-corrected chi connectivity index (χ2v) is 5.37. The second-order valence-electron chi connectivity index (χ2n) is 5.37. The Morgan fingerprint density at radius 2 is 2.00 bits per heavy atom. The molecule has 0 heterocycles. The van der Waals surface area contributed by atoms with E-state index in [0.717, 1.165) is 29.8 Å². The molecule has 0 spiro atoms. The lowest BCUT2D eigenvalue weighted by atomic mass is 10.00. The van der Waals surface area contributed by atoms with Crippen molar-refractivity contribution in [3.05, 3.63) is 29.3 Å². The number of unbranched alkanes of at least 4 members (excludes halogenated alkanes) is 2. The summed E-state index contributed by atoms with van der Waals surface area (Å²) in [7, 11) is 0. The lowest BCUT2D eigenvalue weighted by molar-refractivity contribution is 0.131. The Hall–Kier alpha value is -1.06. The van der Waals surface area contributed by atoms with E-state index in [1.54, 1.807) is 0 Å². The SMILES string of the molecule is CCCCCNC(C)C(O)c1cc(C)ccc1OCC. The summed E-state index contributed by atoms with van der Waals surface area (Å²) in [5, 5.41) is 13.9. The summed E-state index contributed by atoms with van der Waals surface area (Å²) >= 11 is 0. The van der Waals surface area contributed by atoms with Crippen LogP contribution in [0.15, 0.2) is 18.2 Å². The van der Waals surface area contributed by atoms with Crippen LogP contribution in [0.1, 0.15) is 57.3 Å². The largest absolute Gasteiger partial charge is 0.493 e. The maximum Gasteiger partial charge on any atom is 0.125 e. The van der Waals surface area contributed by atoms with E-state index in [0.29, 0.717) is 6.61 Å². The fraction of sp³-hybridized carbons (Fsp3) is 0.647. The number of benzene rings is 1. The smallest absolute Gasteiger partial charge is 0.125 e. The molecule has 0 aliphatic carbocycles.